The highest BCUT2D eigenvalue weighted by Gasteiger charge is 2.39. The number of aliphatic imine (C=N–C) groups is 1. The second kappa shape index (κ2) is 13.8. The molecular formula is C30H30FN3O6S. The third kappa shape index (κ3) is 7.43. The fraction of sp³-hybridized carbons (Fsp3) is 0.267. The first kappa shape index (κ1) is 29.6. The van der Waals surface area contributed by atoms with E-state index in [1.54, 1.807) is 63.6 Å². The molecule has 214 valence electrons. The molecule has 1 unspecified atom stereocenters. The summed E-state index contributed by atoms with van der Waals surface area (Å²) in [6, 6.07) is 17.8. The molecule has 0 aliphatic carbocycles. The summed E-state index contributed by atoms with van der Waals surface area (Å²) in [4.78, 5) is 44.1. The summed E-state index contributed by atoms with van der Waals surface area (Å²) in [5.74, 6) is -0.483. The Morgan fingerprint density at radius 2 is 1.76 bits per heavy atom. The molecule has 1 aliphatic rings. The van der Waals surface area contributed by atoms with E-state index in [2.05, 4.69) is 10.3 Å². The van der Waals surface area contributed by atoms with E-state index in [0.717, 1.165) is 17.3 Å². The third-order valence-corrected chi connectivity index (χ3v) is 7.39. The van der Waals surface area contributed by atoms with Gasteiger partial charge in [0.2, 0.25) is 11.8 Å². The lowest BCUT2D eigenvalue weighted by atomic mass is 10.1. The molecule has 0 aromatic heterocycles. The van der Waals surface area contributed by atoms with Crippen molar-refractivity contribution in [1.82, 2.24) is 4.90 Å². The Morgan fingerprint density at radius 3 is 2.44 bits per heavy atom. The van der Waals surface area contributed by atoms with Gasteiger partial charge in [0.25, 0.3) is 0 Å². The smallest absolute Gasteiger partial charge is 0.338 e. The summed E-state index contributed by atoms with van der Waals surface area (Å²) < 4.78 is 30.1. The van der Waals surface area contributed by atoms with Crippen LogP contribution < -0.4 is 14.8 Å². The Morgan fingerprint density at radius 1 is 1.02 bits per heavy atom. The molecule has 1 N–H and O–H groups in total. The van der Waals surface area contributed by atoms with Crippen molar-refractivity contribution in [3.8, 4) is 11.5 Å². The number of halogens is 1. The molecule has 1 saturated heterocycles. The van der Waals surface area contributed by atoms with Crippen LogP contribution in [0.4, 0.5) is 15.8 Å². The van der Waals surface area contributed by atoms with Gasteiger partial charge >= 0.3 is 5.97 Å². The number of benzene rings is 3. The summed E-state index contributed by atoms with van der Waals surface area (Å²) in [5.41, 5.74) is 1.85. The number of esters is 1. The predicted octanol–water partition coefficient (Wildman–Crippen LogP) is 5.22. The van der Waals surface area contributed by atoms with Gasteiger partial charge < -0.3 is 19.5 Å². The molecular weight excluding hydrogens is 549 g/mol. The quantitative estimate of drug-likeness (QED) is 0.310. The lowest BCUT2D eigenvalue weighted by Gasteiger charge is -2.17. The number of hydrogen-bond acceptors (Lipinski definition) is 8. The van der Waals surface area contributed by atoms with Gasteiger partial charge in [0.15, 0.2) is 16.7 Å². The van der Waals surface area contributed by atoms with Gasteiger partial charge in [-0.25, -0.2) is 14.2 Å². The van der Waals surface area contributed by atoms with Crippen molar-refractivity contribution < 1.29 is 33.0 Å². The summed E-state index contributed by atoms with van der Waals surface area (Å²) >= 11 is 1.12. The van der Waals surface area contributed by atoms with Crippen LogP contribution in [0, 0.1) is 5.82 Å². The van der Waals surface area contributed by atoms with E-state index in [9.17, 15) is 18.8 Å². The fourth-order valence-corrected chi connectivity index (χ4v) is 5.31. The standard InChI is InChI=1S/C30H30FN3O6S/c1-4-40-29(37)20-10-12-21(13-11-20)32-27(35)18-26-28(36)34(30(41-26)33-23-8-6-5-7-22(23)31)16-15-19-9-14-24(38-2)25(17-19)39-3/h5-14,17,26H,4,15-16,18H2,1-3H3,(H,32,35). The SMILES string of the molecule is CCOC(=O)c1ccc(NC(=O)CC2SC(=Nc3ccccc3F)N(CCc3ccc(OC)c(OC)c3)C2=O)cc1. The van der Waals surface area contributed by atoms with Gasteiger partial charge in [0.05, 0.1) is 26.4 Å². The molecule has 1 heterocycles. The molecule has 1 aliphatic heterocycles. The minimum absolute atomic E-state index is 0.103. The van der Waals surface area contributed by atoms with Crippen molar-refractivity contribution >= 4 is 46.1 Å². The van der Waals surface area contributed by atoms with E-state index in [1.165, 1.54) is 17.0 Å². The Balaban J connectivity index is 1.48. The number of nitrogens with one attached hydrogen (secondary N) is 1. The molecule has 4 rings (SSSR count). The van der Waals surface area contributed by atoms with Crippen molar-refractivity contribution in [2.45, 2.75) is 25.0 Å². The highest BCUT2D eigenvalue weighted by molar-refractivity contribution is 8.15. The zero-order valence-corrected chi connectivity index (χ0v) is 23.7. The number of amidine groups is 1. The van der Waals surface area contributed by atoms with E-state index < -0.39 is 17.0 Å². The maximum Gasteiger partial charge on any atom is 0.338 e. The summed E-state index contributed by atoms with van der Waals surface area (Å²) in [7, 11) is 3.10. The number of hydrogen-bond donors (Lipinski definition) is 1. The van der Waals surface area contributed by atoms with Crippen molar-refractivity contribution in [2.75, 3.05) is 32.7 Å². The van der Waals surface area contributed by atoms with Gasteiger partial charge in [-0.05, 0) is 67.4 Å². The molecule has 11 heteroatoms. The normalized spacial score (nSPS) is 15.6. The second-order valence-electron chi connectivity index (χ2n) is 8.93. The number of carbonyl (C=O) groups is 3. The number of anilines is 1. The molecule has 3 aromatic rings. The number of thioether (sulfide) groups is 1. The third-order valence-electron chi connectivity index (χ3n) is 6.21. The number of para-hydroxylation sites is 1. The van der Waals surface area contributed by atoms with Gasteiger partial charge in [0.1, 0.15) is 16.8 Å². The lowest BCUT2D eigenvalue weighted by Crippen LogP contribution is -2.35. The van der Waals surface area contributed by atoms with Crippen LogP contribution in [-0.4, -0.2) is 60.5 Å². The molecule has 1 atom stereocenters. The highest BCUT2D eigenvalue weighted by atomic mass is 32.2. The summed E-state index contributed by atoms with van der Waals surface area (Å²) in [6.45, 7) is 2.25. The van der Waals surface area contributed by atoms with Crippen LogP contribution in [0.3, 0.4) is 0 Å². The average Bonchev–Trinajstić information content (AvgIpc) is 3.26. The van der Waals surface area contributed by atoms with Crippen LogP contribution in [0.15, 0.2) is 71.7 Å². The topological polar surface area (TPSA) is 107 Å². The molecule has 1 fully saturated rings. The minimum Gasteiger partial charge on any atom is -0.493 e. The first-order valence-electron chi connectivity index (χ1n) is 12.9. The van der Waals surface area contributed by atoms with Crippen LogP contribution in [0.1, 0.15) is 29.3 Å². The number of rotatable bonds is 11. The summed E-state index contributed by atoms with van der Waals surface area (Å²) in [6.07, 6.45) is 0.348. The monoisotopic (exact) mass is 579 g/mol. The molecule has 41 heavy (non-hydrogen) atoms. The summed E-state index contributed by atoms with van der Waals surface area (Å²) in [5, 5.41) is 2.33. The molecule has 0 bridgehead atoms. The fourth-order valence-electron chi connectivity index (χ4n) is 4.14. The van der Waals surface area contributed by atoms with Gasteiger partial charge in [-0.2, -0.15) is 0 Å². The van der Waals surface area contributed by atoms with Crippen molar-refractivity contribution in [3.63, 3.8) is 0 Å². The highest BCUT2D eigenvalue weighted by Crippen LogP contribution is 2.33. The number of amides is 2. The number of nitrogens with zero attached hydrogens (tertiary/aromatic N) is 2. The van der Waals surface area contributed by atoms with Crippen LogP contribution in [0.25, 0.3) is 0 Å². The van der Waals surface area contributed by atoms with Crippen molar-refractivity contribution in [1.29, 1.82) is 0 Å². The second-order valence-corrected chi connectivity index (χ2v) is 10.1. The number of ether oxygens (including phenoxy) is 3. The predicted molar refractivity (Wildman–Crippen MR) is 155 cm³/mol. The largest absolute Gasteiger partial charge is 0.493 e. The van der Waals surface area contributed by atoms with E-state index >= 15 is 0 Å². The Labute approximate surface area is 241 Å². The van der Waals surface area contributed by atoms with Crippen LogP contribution >= 0.6 is 11.8 Å². The van der Waals surface area contributed by atoms with Crippen LogP contribution in [0.5, 0.6) is 11.5 Å². The van der Waals surface area contributed by atoms with Gasteiger partial charge in [-0.3, -0.25) is 14.5 Å². The van der Waals surface area contributed by atoms with Gasteiger partial charge in [0, 0.05) is 18.7 Å². The molecule has 9 nitrogen and oxygen atoms in total. The van der Waals surface area contributed by atoms with Crippen LogP contribution in [-0.2, 0) is 20.7 Å². The molecule has 0 saturated carbocycles. The molecule has 3 aromatic carbocycles. The zero-order valence-electron chi connectivity index (χ0n) is 22.9. The Bertz CT molecular complexity index is 1450. The van der Waals surface area contributed by atoms with E-state index in [4.69, 9.17) is 14.2 Å². The van der Waals surface area contributed by atoms with Crippen LogP contribution in [0.2, 0.25) is 0 Å². The average molecular weight is 580 g/mol. The maximum atomic E-state index is 14.4. The minimum atomic E-state index is -0.746. The maximum absolute atomic E-state index is 14.4. The number of carbonyl (C=O) groups excluding carboxylic acids is 3. The Hall–Kier alpha value is -4.38. The van der Waals surface area contributed by atoms with E-state index in [0.29, 0.717) is 34.3 Å². The van der Waals surface area contributed by atoms with Crippen molar-refractivity contribution in [3.05, 3.63) is 83.7 Å². The molecule has 0 spiro atoms. The van der Waals surface area contributed by atoms with E-state index in [-0.39, 0.29) is 37.1 Å². The lowest BCUT2D eigenvalue weighted by molar-refractivity contribution is -0.128. The number of methoxy groups -OCH3 is 2. The zero-order chi connectivity index (χ0) is 29.4. The van der Waals surface area contributed by atoms with Gasteiger partial charge in [-0.1, -0.05) is 30.0 Å². The van der Waals surface area contributed by atoms with Crippen molar-refractivity contribution in [2.24, 2.45) is 4.99 Å². The first-order chi connectivity index (χ1) is 19.8. The van der Waals surface area contributed by atoms with Gasteiger partial charge in [-0.15, -0.1) is 0 Å². The first-order valence-corrected chi connectivity index (χ1v) is 13.8. The molecule has 0 radical (unpaired) electrons. The Kier molecular flexibility index (Phi) is 9.96. The molecule has 2 amide bonds. The van der Waals surface area contributed by atoms with E-state index in [1.807, 2.05) is 12.1 Å².